The summed E-state index contributed by atoms with van der Waals surface area (Å²) in [7, 11) is 0. The summed E-state index contributed by atoms with van der Waals surface area (Å²) >= 11 is 0. The summed E-state index contributed by atoms with van der Waals surface area (Å²) in [6.07, 6.45) is 1.00. The summed E-state index contributed by atoms with van der Waals surface area (Å²) in [4.78, 5) is 6.79. The maximum atomic E-state index is 12.1. The maximum absolute atomic E-state index is 12.1. The molecule has 2 aliphatic rings. The van der Waals surface area contributed by atoms with Crippen molar-refractivity contribution < 1.29 is 19.7 Å². The molecule has 3 atom stereocenters. The molecule has 0 spiro atoms. The van der Waals surface area contributed by atoms with Crippen molar-refractivity contribution in [3.05, 3.63) is 17.5 Å². The largest absolute Gasteiger partial charge is 0.390 e. The lowest BCUT2D eigenvalue weighted by Crippen LogP contribution is -2.38. The second-order valence-corrected chi connectivity index (χ2v) is 4.75. The van der Waals surface area contributed by atoms with Crippen LogP contribution in [0.1, 0.15) is 17.7 Å². The summed E-state index contributed by atoms with van der Waals surface area (Å²) in [5, 5.41) is 31.0. The van der Waals surface area contributed by atoms with Gasteiger partial charge in [-0.1, -0.05) is 0 Å². The Labute approximate surface area is 120 Å². The Morgan fingerprint density at radius 2 is 2.15 bits per heavy atom. The monoisotopic (exact) mass is 306 g/mol. The first-order valence-electron chi connectivity index (χ1n) is 6.03. The second kappa shape index (κ2) is 5.30. The zero-order valence-electron chi connectivity index (χ0n) is 10.5. The van der Waals surface area contributed by atoms with Gasteiger partial charge in [0.15, 0.2) is 0 Å². The van der Waals surface area contributed by atoms with Gasteiger partial charge in [-0.2, -0.15) is 5.43 Å². The Balaban J connectivity index is 0.00000147. The number of aliphatic hydroxyl groups excluding tert-OH is 2. The van der Waals surface area contributed by atoms with E-state index in [2.05, 4.69) is 15.4 Å². The molecule has 2 aliphatic heterocycles. The molecule has 0 radical (unpaired) electrons. The predicted octanol–water partition coefficient (Wildman–Crippen LogP) is -0.471. The van der Waals surface area contributed by atoms with Gasteiger partial charge in [-0.05, 0) is 5.56 Å². The number of hydrazine groups is 1. The number of nitrogens with one attached hydrogen (secondary N) is 2. The number of rotatable bonds is 5. The third-order valence-corrected chi connectivity index (χ3v) is 3.44. The number of hydrogen-bond acceptors (Lipinski definition) is 6. The average molecular weight is 307 g/mol. The quantitative estimate of drug-likeness (QED) is 0.506. The number of alkyl halides is 1. The average Bonchev–Trinajstić information content (AvgIpc) is 3.00. The number of halogens is 2. The summed E-state index contributed by atoms with van der Waals surface area (Å²) in [6.45, 7) is -0.677. The number of fused-ring (bicyclic) bond motifs is 5. The van der Waals surface area contributed by atoms with E-state index in [0.29, 0.717) is 11.4 Å². The Hall–Kier alpha value is -1.19. The molecule has 0 aliphatic carbocycles. The molecule has 5 N–H and O–H groups in total. The van der Waals surface area contributed by atoms with Crippen LogP contribution < -0.4 is 10.4 Å². The molecule has 0 saturated carbocycles. The molecule has 112 valence electrons. The Bertz CT molecular complexity index is 526. The molecule has 3 heterocycles. The van der Waals surface area contributed by atoms with E-state index < -0.39 is 24.7 Å². The first-order chi connectivity index (χ1) is 9.05. The van der Waals surface area contributed by atoms with Gasteiger partial charge < -0.3 is 20.3 Å². The van der Waals surface area contributed by atoms with Crippen LogP contribution in [0.4, 0.5) is 10.1 Å². The lowest BCUT2D eigenvalue weighted by molar-refractivity contribution is 0.0117. The fourth-order valence-corrected chi connectivity index (χ4v) is 2.42. The van der Waals surface area contributed by atoms with Gasteiger partial charge >= 0.3 is 0 Å². The van der Waals surface area contributed by atoms with E-state index >= 15 is 0 Å². The van der Waals surface area contributed by atoms with E-state index in [1.54, 1.807) is 11.2 Å². The zero-order chi connectivity index (χ0) is 13.6. The minimum Gasteiger partial charge on any atom is -0.390 e. The first kappa shape index (κ1) is 15.2. The molecule has 0 saturated heterocycles. The molecule has 3 rings (SSSR count). The van der Waals surface area contributed by atoms with Crippen LogP contribution in [-0.4, -0.2) is 45.5 Å². The van der Waals surface area contributed by atoms with E-state index in [4.69, 9.17) is 0 Å². The van der Waals surface area contributed by atoms with Crippen LogP contribution >= 0.6 is 12.4 Å². The van der Waals surface area contributed by atoms with E-state index in [0.717, 1.165) is 5.56 Å². The van der Waals surface area contributed by atoms with Crippen molar-refractivity contribution in [1.82, 2.24) is 10.4 Å². The third kappa shape index (κ3) is 2.19. The van der Waals surface area contributed by atoms with Crippen LogP contribution in [0.15, 0.2) is 11.2 Å². The van der Waals surface area contributed by atoms with E-state index in [1.165, 1.54) is 6.34 Å². The van der Waals surface area contributed by atoms with Gasteiger partial charge in [-0.15, -0.1) is 12.4 Å². The molecule has 0 aromatic carbocycles. The SMILES string of the molecule is Cl.O[C@H](CCF)[C@@H](O)Cc1c[nH]c2c1N1C=NC2(O)N1. The van der Waals surface area contributed by atoms with Crippen LogP contribution in [0.2, 0.25) is 0 Å². The number of aromatic nitrogens is 1. The van der Waals surface area contributed by atoms with E-state index in [1.807, 2.05) is 0 Å². The lowest BCUT2D eigenvalue weighted by atomic mass is 10.0. The first-order valence-corrected chi connectivity index (χ1v) is 6.03. The van der Waals surface area contributed by atoms with Crippen molar-refractivity contribution in [1.29, 1.82) is 0 Å². The Kier molecular flexibility index (Phi) is 4.03. The van der Waals surface area contributed by atoms with Gasteiger partial charge in [-0.25, -0.2) is 4.99 Å². The molecule has 0 amide bonds. The molecule has 1 aromatic heterocycles. The van der Waals surface area contributed by atoms with Crippen molar-refractivity contribution in [3.8, 4) is 0 Å². The maximum Gasteiger partial charge on any atom is 0.277 e. The highest BCUT2D eigenvalue weighted by atomic mass is 35.5. The van der Waals surface area contributed by atoms with Crippen molar-refractivity contribution in [2.24, 2.45) is 4.99 Å². The standard InChI is InChI=1S/C11H15FN4O3.ClH/c12-2-1-7(17)8(18)3-6-4-13-10-9(6)16-5-14-11(10,19)15-16;/h4-5,7-8,13,15,17-19H,1-3H2;1H/t7-,8+,11?;/m1./s1. The topological polar surface area (TPSA) is 104 Å². The number of nitrogens with zero attached hydrogens (tertiary/aromatic N) is 2. The summed E-state index contributed by atoms with van der Waals surface area (Å²) in [5.74, 6) is -1.48. The number of aliphatic imine (C=N–C) groups is 1. The number of hydrogen-bond donors (Lipinski definition) is 5. The molecule has 2 bridgehead atoms. The fraction of sp³-hybridized carbons (Fsp3) is 0.545. The molecule has 0 fully saturated rings. The van der Waals surface area contributed by atoms with Crippen molar-refractivity contribution in [2.45, 2.75) is 30.9 Å². The van der Waals surface area contributed by atoms with Crippen LogP contribution in [0.3, 0.4) is 0 Å². The van der Waals surface area contributed by atoms with Crippen molar-refractivity contribution >= 4 is 24.4 Å². The summed E-state index contributed by atoms with van der Waals surface area (Å²) in [6, 6.07) is 0. The number of H-pyrrole nitrogens is 1. The van der Waals surface area contributed by atoms with Gasteiger partial charge in [0, 0.05) is 19.0 Å². The second-order valence-electron chi connectivity index (χ2n) is 4.75. The Morgan fingerprint density at radius 1 is 1.40 bits per heavy atom. The highest BCUT2D eigenvalue weighted by Gasteiger charge is 2.47. The van der Waals surface area contributed by atoms with Crippen LogP contribution in [-0.2, 0) is 12.3 Å². The van der Waals surface area contributed by atoms with Crippen LogP contribution in [0.5, 0.6) is 0 Å². The third-order valence-electron chi connectivity index (χ3n) is 3.44. The summed E-state index contributed by atoms with van der Waals surface area (Å²) < 4.78 is 12.1. The lowest BCUT2D eigenvalue weighted by Gasteiger charge is -2.18. The van der Waals surface area contributed by atoms with Crippen molar-refractivity contribution in [3.63, 3.8) is 0 Å². The van der Waals surface area contributed by atoms with E-state index in [-0.39, 0.29) is 25.2 Å². The fourth-order valence-electron chi connectivity index (χ4n) is 2.42. The highest BCUT2D eigenvalue weighted by Crippen LogP contribution is 2.41. The zero-order valence-corrected chi connectivity index (χ0v) is 11.3. The molecular formula is C11H16ClFN4O3. The number of aromatic amines is 1. The molecule has 9 heteroatoms. The minimum absolute atomic E-state index is 0. The van der Waals surface area contributed by atoms with Gasteiger partial charge in [0.25, 0.3) is 5.85 Å². The van der Waals surface area contributed by atoms with Crippen LogP contribution in [0.25, 0.3) is 0 Å². The van der Waals surface area contributed by atoms with Crippen molar-refractivity contribution in [2.75, 3.05) is 11.7 Å². The molecule has 1 unspecified atom stereocenters. The molecule has 7 nitrogen and oxygen atoms in total. The van der Waals surface area contributed by atoms with Crippen LogP contribution in [0, 0.1) is 0 Å². The number of anilines is 1. The van der Waals surface area contributed by atoms with E-state index in [9.17, 15) is 19.7 Å². The molecule has 1 aromatic rings. The molecule has 20 heavy (non-hydrogen) atoms. The Morgan fingerprint density at radius 3 is 2.85 bits per heavy atom. The number of aliphatic hydroxyl groups is 3. The minimum atomic E-state index is -1.48. The summed E-state index contributed by atoms with van der Waals surface area (Å²) in [5.41, 5.74) is 4.65. The smallest absolute Gasteiger partial charge is 0.277 e. The molecular weight excluding hydrogens is 291 g/mol. The predicted molar refractivity (Wildman–Crippen MR) is 72.4 cm³/mol. The van der Waals surface area contributed by atoms with Gasteiger partial charge in [-0.3, -0.25) is 9.40 Å². The van der Waals surface area contributed by atoms with Gasteiger partial charge in [0.05, 0.1) is 24.6 Å². The van der Waals surface area contributed by atoms with Gasteiger partial charge in [0.1, 0.15) is 12.0 Å². The highest BCUT2D eigenvalue weighted by molar-refractivity contribution is 5.87. The van der Waals surface area contributed by atoms with Gasteiger partial charge in [0.2, 0.25) is 0 Å². The normalized spacial score (nSPS) is 25.5.